The summed E-state index contributed by atoms with van der Waals surface area (Å²) in [7, 11) is 0. The minimum Gasteiger partial charge on any atom is -0.380 e. The molecule has 14 heteroatoms. The number of aliphatic hydroxyl groups is 6. The van der Waals surface area contributed by atoms with Crippen LogP contribution < -0.4 is 10.6 Å². The van der Waals surface area contributed by atoms with Crippen LogP contribution in [0.1, 0.15) is 27.0 Å². The molecule has 5 rings (SSSR count). The van der Waals surface area contributed by atoms with Gasteiger partial charge in [-0.1, -0.05) is 30.3 Å². The topological polar surface area (TPSA) is 212 Å². The summed E-state index contributed by atoms with van der Waals surface area (Å²) >= 11 is 0. The maximum atomic E-state index is 13.2. The number of fused-ring (bicyclic) bond motifs is 1. The number of hydrogen-bond acceptors (Lipinski definition) is 12. The highest BCUT2D eigenvalue weighted by molar-refractivity contribution is 6.09. The fourth-order valence-electron chi connectivity index (χ4n) is 5.01. The van der Waals surface area contributed by atoms with Gasteiger partial charge in [-0.15, -0.1) is 0 Å². The molecule has 0 spiro atoms. The van der Waals surface area contributed by atoms with Crippen molar-refractivity contribution in [1.29, 1.82) is 0 Å². The van der Waals surface area contributed by atoms with Crippen LogP contribution in [-0.4, -0.2) is 102 Å². The lowest BCUT2D eigenvalue weighted by molar-refractivity contribution is -0.373. The molecule has 14 nitrogen and oxygen atoms in total. The summed E-state index contributed by atoms with van der Waals surface area (Å²) in [5.74, 6) is -15.9. The number of rotatable bonds is 6. The van der Waals surface area contributed by atoms with Crippen molar-refractivity contribution in [3.05, 3.63) is 64.7 Å². The number of carbonyl (C=O) groups excluding carboxylic acids is 3. The molecule has 2 aromatic carbocycles. The van der Waals surface area contributed by atoms with E-state index in [9.17, 15) is 45.0 Å². The number of imide groups is 1. The van der Waals surface area contributed by atoms with Crippen molar-refractivity contribution in [3.63, 3.8) is 0 Å². The van der Waals surface area contributed by atoms with Gasteiger partial charge in [-0.2, -0.15) is 0 Å². The summed E-state index contributed by atoms with van der Waals surface area (Å²) in [6.45, 7) is 4.08. The van der Waals surface area contributed by atoms with Gasteiger partial charge in [-0.25, -0.2) is 0 Å². The molecule has 2 fully saturated rings. The molecule has 1 unspecified atom stereocenters. The zero-order chi connectivity index (χ0) is 28.2. The lowest BCUT2D eigenvalue weighted by Crippen LogP contribution is -2.80. The number of carbonyl (C=O) groups is 3. The first kappa shape index (κ1) is 27.1. The number of morpholine rings is 1. The van der Waals surface area contributed by atoms with Gasteiger partial charge in [0, 0.05) is 31.9 Å². The van der Waals surface area contributed by atoms with Gasteiger partial charge in [0.1, 0.15) is 0 Å². The van der Waals surface area contributed by atoms with Crippen molar-refractivity contribution in [1.82, 2.24) is 15.1 Å². The van der Waals surface area contributed by atoms with Gasteiger partial charge in [0.05, 0.1) is 24.3 Å². The molecule has 0 bridgehead atoms. The predicted molar refractivity (Wildman–Crippen MR) is 130 cm³/mol. The lowest BCUT2D eigenvalue weighted by atomic mass is 9.90. The van der Waals surface area contributed by atoms with E-state index in [2.05, 4.69) is 10.2 Å². The molecule has 208 valence electrons. The molecule has 0 saturated carbocycles. The first-order valence-electron chi connectivity index (χ1n) is 12.1. The number of nitrogens with one attached hydrogen (secondary N) is 2. The van der Waals surface area contributed by atoms with Gasteiger partial charge in [-0.05, 0) is 23.3 Å². The SMILES string of the molecule is O=C1NC(=O)C(O)(O)C(O)(O)C1N1C(=O)c2cccc(NCc3ccc(CN4CCOCC4)cc3)c2C1(O)O. The van der Waals surface area contributed by atoms with Gasteiger partial charge in [-0.3, -0.25) is 29.5 Å². The Kier molecular flexibility index (Phi) is 6.69. The first-order chi connectivity index (χ1) is 18.4. The summed E-state index contributed by atoms with van der Waals surface area (Å²) < 4.78 is 5.36. The summed E-state index contributed by atoms with van der Waals surface area (Å²) in [6.07, 6.45) is 0. The number of anilines is 1. The number of benzene rings is 2. The molecule has 2 saturated heterocycles. The largest absolute Gasteiger partial charge is 0.380 e. The quantitative estimate of drug-likeness (QED) is 0.136. The number of amides is 3. The third kappa shape index (κ3) is 4.46. The maximum Gasteiger partial charge on any atom is 0.303 e. The Hall–Kier alpha value is -3.47. The van der Waals surface area contributed by atoms with Crippen LogP contribution >= 0.6 is 0 Å². The molecular formula is C25H28N4O10. The molecular weight excluding hydrogens is 516 g/mol. The highest BCUT2D eigenvalue weighted by atomic mass is 16.6. The van der Waals surface area contributed by atoms with Crippen LogP contribution in [0.4, 0.5) is 5.69 Å². The Labute approximate surface area is 221 Å². The average molecular weight is 545 g/mol. The second-order valence-corrected chi connectivity index (χ2v) is 9.72. The van der Waals surface area contributed by atoms with Crippen molar-refractivity contribution in [3.8, 4) is 0 Å². The smallest absolute Gasteiger partial charge is 0.303 e. The monoisotopic (exact) mass is 544 g/mol. The Morgan fingerprint density at radius 3 is 2.23 bits per heavy atom. The molecule has 8 N–H and O–H groups in total. The summed E-state index contributed by atoms with van der Waals surface area (Å²) in [6, 6.07) is 9.14. The first-order valence-corrected chi connectivity index (χ1v) is 12.1. The Morgan fingerprint density at radius 1 is 0.923 bits per heavy atom. The normalized spacial score (nSPS) is 23.9. The molecule has 1 atom stereocenters. The second-order valence-electron chi connectivity index (χ2n) is 9.72. The standard InChI is InChI=1S/C25H28N4O10/c30-20-19(23(33,34)24(35,36)22(32)27-20)29-21(31)16-2-1-3-17(18(16)25(29,37)38)26-12-14-4-6-15(7-5-14)13-28-8-10-39-11-9-28/h1-7,19,26,33-38H,8-13H2,(H,27,30,32). The number of ether oxygens (including phenoxy) is 1. The van der Waals surface area contributed by atoms with E-state index in [0.717, 1.165) is 30.8 Å². The maximum absolute atomic E-state index is 13.2. The Morgan fingerprint density at radius 2 is 1.56 bits per heavy atom. The average Bonchev–Trinajstić information content (AvgIpc) is 3.09. The Balaban J connectivity index is 1.37. The predicted octanol–water partition coefficient (Wildman–Crippen LogP) is -2.93. The van der Waals surface area contributed by atoms with Crippen LogP contribution in [0.3, 0.4) is 0 Å². The van der Waals surface area contributed by atoms with Crippen LogP contribution in [0.15, 0.2) is 42.5 Å². The van der Waals surface area contributed by atoms with Crippen molar-refractivity contribution >= 4 is 23.4 Å². The summed E-state index contributed by atoms with van der Waals surface area (Å²) in [5, 5.41) is 67.2. The van der Waals surface area contributed by atoms with E-state index in [0.29, 0.717) is 13.2 Å². The van der Waals surface area contributed by atoms with E-state index in [1.807, 2.05) is 24.3 Å². The second kappa shape index (κ2) is 9.62. The molecule has 0 aromatic heterocycles. The molecule has 0 aliphatic carbocycles. The summed E-state index contributed by atoms with van der Waals surface area (Å²) in [4.78, 5) is 39.7. The minimum absolute atomic E-state index is 0.0216. The minimum atomic E-state index is -3.99. The van der Waals surface area contributed by atoms with Crippen LogP contribution in [-0.2, 0) is 33.3 Å². The number of nitrogens with zero attached hydrogens (tertiary/aromatic N) is 2. The molecule has 3 amide bonds. The van der Waals surface area contributed by atoms with Crippen molar-refractivity contribution < 1.29 is 49.8 Å². The van der Waals surface area contributed by atoms with Crippen LogP contribution in [0, 0.1) is 0 Å². The van der Waals surface area contributed by atoms with Gasteiger partial charge in [0.25, 0.3) is 29.4 Å². The van der Waals surface area contributed by atoms with E-state index in [1.165, 1.54) is 23.5 Å². The van der Waals surface area contributed by atoms with Gasteiger partial charge in [0.2, 0.25) is 0 Å². The molecule has 3 aliphatic rings. The van der Waals surface area contributed by atoms with Crippen LogP contribution in [0.5, 0.6) is 0 Å². The Bertz CT molecular complexity index is 1300. The van der Waals surface area contributed by atoms with E-state index in [-0.39, 0.29) is 22.7 Å². The summed E-state index contributed by atoms with van der Waals surface area (Å²) in [5.41, 5.74) is 1.32. The van der Waals surface area contributed by atoms with Crippen molar-refractivity contribution in [2.75, 3.05) is 31.6 Å². The van der Waals surface area contributed by atoms with Gasteiger partial charge < -0.3 is 40.7 Å². The third-order valence-corrected chi connectivity index (χ3v) is 7.16. The molecule has 3 aliphatic heterocycles. The van der Waals surface area contributed by atoms with E-state index in [4.69, 9.17) is 4.74 Å². The fourth-order valence-corrected chi connectivity index (χ4v) is 5.01. The number of hydrogen-bond donors (Lipinski definition) is 8. The molecule has 39 heavy (non-hydrogen) atoms. The molecule has 3 heterocycles. The van der Waals surface area contributed by atoms with E-state index < -0.39 is 46.8 Å². The van der Waals surface area contributed by atoms with Crippen LogP contribution in [0.2, 0.25) is 0 Å². The van der Waals surface area contributed by atoms with E-state index >= 15 is 0 Å². The molecule has 2 aromatic rings. The third-order valence-electron chi connectivity index (χ3n) is 7.16. The zero-order valence-corrected chi connectivity index (χ0v) is 20.6. The fraction of sp³-hybridized carbons (Fsp3) is 0.400. The number of piperidine rings is 1. The van der Waals surface area contributed by atoms with Crippen LogP contribution in [0.25, 0.3) is 0 Å². The zero-order valence-electron chi connectivity index (χ0n) is 20.6. The van der Waals surface area contributed by atoms with Crippen molar-refractivity contribution in [2.24, 2.45) is 0 Å². The highest BCUT2D eigenvalue weighted by Gasteiger charge is 2.70. The van der Waals surface area contributed by atoms with Crippen molar-refractivity contribution in [2.45, 2.75) is 36.6 Å². The van der Waals surface area contributed by atoms with E-state index in [1.54, 1.807) is 0 Å². The highest BCUT2D eigenvalue weighted by Crippen LogP contribution is 2.44. The van der Waals surface area contributed by atoms with Gasteiger partial charge >= 0.3 is 5.79 Å². The molecule has 0 radical (unpaired) electrons. The lowest BCUT2D eigenvalue weighted by Gasteiger charge is -2.47. The van der Waals surface area contributed by atoms with Gasteiger partial charge in [0.15, 0.2) is 6.04 Å².